The Morgan fingerprint density at radius 1 is 1.10 bits per heavy atom. The molecule has 2 rings (SSSR count). The van der Waals surface area contributed by atoms with Crippen molar-refractivity contribution in [2.75, 3.05) is 17.7 Å². The molecule has 104 valence electrons. The number of nitrogens with zero attached hydrogens (tertiary/aromatic N) is 2. The highest BCUT2D eigenvalue weighted by atomic mass is 35.5. The van der Waals surface area contributed by atoms with Crippen molar-refractivity contribution in [3.8, 4) is 0 Å². The summed E-state index contributed by atoms with van der Waals surface area (Å²) in [6, 6.07) is 6.90. The van der Waals surface area contributed by atoms with Crippen molar-refractivity contribution in [1.29, 1.82) is 0 Å². The number of aryl methyl sites for hydroxylation is 2. The second kappa shape index (κ2) is 5.88. The smallest absolute Gasteiger partial charge is 0.257 e. The molecular formula is C14H15ClN4O. The number of nitrogens with one attached hydrogen (secondary N) is 2. The molecule has 2 aromatic rings. The average Bonchev–Trinajstić information content (AvgIpc) is 2.36. The molecule has 0 radical (unpaired) electrons. The molecule has 20 heavy (non-hydrogen) atoms. The molecule has 6 heteroatoms. The maximum atomic E-state index is 12.2. The molecule has 0 fully saturated rings. The van der Waals surface area contributed by atoms with E-state index in [-0.39, 0.29) is 11.1 Å². The molecule has 0 aliphatic heterocycles. The van der Waals surface area contributed by atoms with Crippen LogP contribution in [0.1, 0.15) is 21.6 Å². The molecule has 0 atom stereocenters. The third-order valence-electron chi connectivity index (χ3n) is 2.65. The lowest BCUT2D eigenvalue weighted by Crippen LogP contribution is -2.14. The van der Waals surface area contributed by atoms with E-state index in [4.69, 9.17) is 11.6 Å². The Hall–Kier alpha value is -2.14. The van der Waals surface area contributed by atoms with E-state index in [1.165, 1.54) is 6.07 Å². The van der Waals surface area contributed by atoms with E-state index in [0.717, 1.165) is 11.3 Å². The van der Waals surface area contributed by atoms with E-state index in [2.05, 4.69) is 20.6 Å². The van der Waals surface area contributed by atoms with Crippen molar-refractivity contribution in [3.05, 3.63) is 46.2 Å². The van der Waals surface area contributed by atoms with Crippen LogP contribution in [-0.4, -0.2) is 22.9 Å². The van der Waals surface area contributed by atoms with Crippen LogP contribution in [0.2, 0.25) is 5.15 Å². The second-order valence-electron chi connectivity index (χ2n) is 4.44. The van der Waals surface area contributed by atoms with Gasteiger partial charge in [0.1, 0.15) is 16.8 Å². The molecule has 0 spiro atoms. The van der Waals surface area contributed by atoms with Crippen molar-refractivity contribution in [2.24, 2.45) is 0 Å². The van der Waals surface area contributed by atoms with Gasteiger partial charge in [-0.3, -0.25) is 4.79 Å². The van der Waals surface area contributed by atoms with Gasteiger partial charge < -0.3 is 10.6 Å². The van der Waals surface area contributed by atoms with E-state index in [1.807, 2.05) is 26.0 Å². The van der Waals surface area contributed by atoms with Gasteiger partial charge in [-0.2, -0.15) is 0 Å². The van der Waals surface area contributed by atoms with E-state index in [1.54, 1.807) is 13.1 Å². The van der Waals surface area contributed by atoms with Gasteiger partial charge in [0.05, 0.1) is 0 Å². The van der Waals surface area contributed by atoms with Gasteiger partial charge in [-0.1, -0.05) is 11.6 Å². The number of rotatable bonds is 3. The van der Waals surface area contributed by atoms with Crippen LogP contribution in [0, 0.1) is 13.8 Å². The first-order valence-corrected chi connectivity index (χ1v) is 6.47. The minimum absolute atomic E-state index is 0.260. The van der Waals surface area contributed by atoms with Crippen LogP contribution in [0.25, 0.3) is 0 Å². The number of carbonyl (C=O) groups is 1. The summed E-state index contributed by atoms with van der Waals surface area (Å²) in [5.41, 5.74) is 2.32. The summed E-state index contributed by atoms with van der Waals surface area (Å²) in [6.45, 7) is 3.83. The quantitative estimate of drug-likeness (QED) is 0.853. The summed E-state index contributed by atoms with van der Waals surface area (Å²) in [5, 5.41) is 5.87. The molecule has 1 amide bonds. The first-order chi connectivity index (χ1) is 9.47. The van der Waals surface area contributed by atoms with Crippen molar-refractivity contribution in [1.82, 2.24) is 9.97 Å². The number of amides is 1. The summed E-state index contributed by atoms with van der Waals surface area (Å²) in [7, 11) is 1.71. The number of anilines is 2. The number of pyridine rings is 2. The zero-order chi connectivity index (χ0) is 14.7. The predicted octanol–water partition coefficient (Wildman–Crippen LogP) is 3.04. The van der Waals surface area contributed by atoms with Crippen molar-refractivity contribution in [2.45, 2.75) is 13.8 Å². The minimum atomic E-state index is -0.275. The highest BCUT2D eigenvalue weighted by Crippen LogP contribution is 2.16. The summed E-state index contributed by atoms with van der Waals surface area (Å²) < 4.78 is 0. The molecule has 0 aliphatic rings. The number of hydrogen-bond donors (Lipinski definition) is 2. The van der Waals surface area contributed by atoms with Gasteiger partial charge in [-0.15, -0.1) is 0 Å². The Morgan fingerprint density at radius 2 is 1.85 bits per heavy atom. The third-order valence-corrected chi connectivity index (χ3v) is 2.85. The standard InChI is InChI=1S/C14H15ClN4O/c1-8-4-9(2)17-13(5-8)19-14(20)10-6-11(15)18-12(7-10)16-3/h4-7H,1-3H3,(H,16,18)(H,17,19,20). The third kappa shape index (κ3) is 3.45. The highest BCUT2D eigenvalue weighted by Gasteiger charge is 2.10. The van der Waals surface area contributed by atoms with Gasteiger partial charge >= 0.3 is 0 Å². The van der Waals surface area contributed by atoms with E-state index in [0.29, 0.717) is 17.2 Å². The fourth-order valence-corrected chi connectivity index (χ4v) is 2.06. The summed E-state index contributed by atoms with van der Waals surface area (Å²) in [4.78, 5) is 20.5. The lowest BCUT2D eigenvalue weighted by atomic mass is 10.2. The van der Waals surface area contributed by atoms with Crippen LogP contribution in [0.5, 0.6) is 0 Å². The Labute approximate surface area is 122 Å². The molecule has 0 aliphatic carbocycles. The lowest BCUT2D eigenvalue weighted by Gasteiger charge is -2.08. The van der Waals surface area contributed by atoms with Crippen LogP contribution in [0.3, 0.4) is 0 Å². The molecular weight excluding hydrogens is 276 g/mol. The lowest BCUT2D eigenvalue weighted by molar-refractivity contribution is 0.102. The molecule has 0 unspecified atom stereocenters. The summed E-state index contributed by atoms with van der Waals surface area (Å²) in [6.07, 6.45) is 0. The molecule has 0 saturated carbocycles. The first kappa shape index (κ1) is 14.3. The van der Waals surface area contributed by atoms with Gasteiger partial charge in [-0.05, 0) is 43.7 Å². The number of carbonyl (C=O) groups excluding carboxylic acids is 1. The van der Waals surface area contributed by atoms with Crippen LogP contribution >= 0.6 is 11.6 Å². The zero-order valence-electron chi connectivity index (χ0n) is 11.5. The van der Waals surface area contributed by atoms with Crippen LogP contribution in [-0.2, 0) is 0 Å². The molecule has 0 saturated heterocycles. The normalized spacial score (nSPS) is 10.2. The largest absolute Gasteiger partial charge is 0.373 e. The van der Waals surface area contributed by atoms with Crippen LogP contribution < -0.4 is 10.6 Å². The van der Waals surface area contributed by atoms with Crippen molar-refractivity contribution < 1.29 is 4.79 Å². The maximum Gasteiger partial charge on any atom is 0.257 e. The van der Waals surface area contributed by atoms with Crippen molar-refractivity contribution in [3.63, 3.8) is 0 Å². The van der Waals surface area contributed by atoms with E-state index in [9.17, 15) is 4.79 Å². The number of aromatic nitrogens is 2. The molecule has 2 aromatic heterocycles. The Morgan fingerprint density at radius 3 is 2.50 bits per heavy atom. The number of hydrogen-bond acceptors (Lipinski definition) is 4. The highest BCUT2D eigenvalue weighted by molar-refractivity contribution is 6.30. The predicted molar refractivity (Wildman–Crippen MR) is 80.5 cm³/mol. The summed E-state index contributed by atoms with van der Waals surface area (Å²) in [5.74, 6) is 0.783. The van der Waals surface area contributed by atoms with Gasteiger partial charge in [-0.25, -0.2) is 9.97 Å². The Bertz CT molecular complexity index is 637. The average molecular weight is 291 g/mol. The zero-order valence-corrected chi connectivity index (χ0v) is 12.2. The maximum absolute atomic E-state index is 12.2. The molecule has 0 bridgehead atoms. The molecule has 5 nitrogen and oxygen atoms in total. The topological polar surface area (TPSA) is 66.9 Å². The first-order valence-electron chi connectivity index (χ1n) is 6.10. The number of halogens is 1. The fourth-order valence-electron chi connectivity index (χ4n) is 1.85. The minimum Gasteiger partial charge on any atom is -0.373 e. The van der Waals surface area contributed by atoms with Crippen LogP contribution in [0.4, 0.5) is 11.6 Å². The van der Waals surface area contributed by atoms with Crippen LogP contribution in [0.15, 0.2) is 24.3 Å². The van der Waals surface area contributed by atoms with Gasteiger partial charge in [0.2, 0.25) is 0 Å². The molecule has 0 aromatic carbocycles. The second-order valence-corrected chi connectivity index (χ2v) is 4.83. The van der Waals surface area contributed by atoms with Crippen molar-refractivity contribution >= 4 is 29.1 Å². The van der Waals surface area contributed by atoms with Gasteiger partial charge in [0, 0.05) is 18.3 Å². The Kier molecular flexibility index (Phi) is 4.20. The Balaban J connectivity index is 2.25. The van der Waals surface area contributed by atoms with E-state index < -0.39 is 0 Å². The summed E-state index contributed by atoms with van der Waals surface area (Å²) >= 11 is 5.88. The van der Waals surface area contributed by atoms with Gasteiger partial charge in [0.25, 0.3) is 5.91 Å². The fraction of sp³-hybridized carbons (Fsp3) is 0.214. The SMILES string of the molecule is CNc1cc(C(=O)Nc2cc(C)cc(C)n2)cc(Cl)n1. The monoisotopic (exact) mass is 290 g/mol. The van der Waals surface area contributed by atoms with Gasteiger partial charge in [0.15, 0.2) is 0 Å². The molecule has 2 heterocycles. The van der Waals surface area contributed by atoms with E-state index >= 15 is 0 Å². The molecule has 2 N–H and O–H groups in total.